The van der Waals surface area contributed by atoms with Crippen molar-refractivity contribution in [3.63, 3.8) is 0 Å². The summed E-state index contributed by atoms with van der Waals surface area (Å²) in [5.41, 5.74) is 5.73. The maximum atomic E-state index is 12.8. The summed E-state index contributed by atoms with van der Waals surface area (Å²) in [4.78, 5) is 21.7. The molecule has 0 radical (unpaired) electrons. The smallest absolute Gasteiger partial charge is 0.290 e. The summed E-state index contributed by atoms with van der Waals surface area (Å²) in [6, 6.07) is 14.2. The molecule has 1 aliphatic carbocycles. The first-order valence-electron chi connectivity index (χ1n) is 9.42. The Balaban J connectivity index is 1.66. The zero-order valence-electron chi connectivity index (χ0n) is 15.5. The van der Waals surface area contributed by atoms with Crippen molar-refractivity contribution < 1.29 is 0 Å². The van der Waals surface area contributed by atoms with Crippen molar-refractivity contribution in [2.75, 3.05) is 0 Å². The first kappa shape index (κ1) is 18.0. The number of hydrogen-bond acceptors (Lipinski definition) is 4. The fourth-order valence-electron chi connectivity index (χ4n) is 3.60. The summed E-state index contributed by atoms with van der Waals surface area (Å²) in [5, 5.41) is 0.912. The first-order valence-corrected chi connectivity index (χ1v) is 10.4. The molecule has 138 valence electrons. The predicted octanol–water partition coefficient (Wildman–Crippen LogP) is 4.17. The van der Waals surface area contributed by atoms with Gasteiger partial charge in [0.05, 0.1) is 12.2 Å². The Morgan fingerprint density at radius 3 is 2.70 bits per heavy atom. The summed E-state index contributed by atoms with van der Waals surface area (Å²) >= 11 is 1.69. The van der Waals surface area contributed by atoms with Crippen molar-refractivity contribution in [2.24, 2.45) is 0 Å². The highest BCUT2D eigenvalue weighted by atomic mass is 32.2. The second-order valence-electron chi connectivity index (χ2n) is 6.95. The zero-order chi connectivity index (χ0) is 18.6. The third-order valence-corrected chi connectivity index (χ3v) is 6.19. The highest BCUT2D eigenvalue weighted by Gasteiger charge is 2.21. The molecule has 2 aromatic heterocycles. The van der Waals surface area contributed by atoms with E-state index in [1.165, 1.54) is 16.7 Å². The number of fused-ring (bicyclic) bond motifs is 1. The van der Waals surface area contributed by atoms with Gasteiger partial charge in [-0.25, -0.2) is 4.79 Å². The molecule has 0 unspecified atom stereocenters. The molecule has 1 aromatic carbocycles. The van der Waals surface area contributed by atoms with Crippen LogP contribution in [0.25, 0.3) is 0 Å². The number of benzene rings is 1. The molecule has 0 saturated heterocycles. The minimum atomic E-state index is -0.159. The molecular formula is C22H23N3OS. The molecule has 0 aliphatic heterocycles. The van der Waals surface area contributed by atoms with Crippen LogP contribution in [0.5, 0.6) is 0 Å². The van der Waals surface area contributed by atoms with E-state index in [4.69, 9.17) is 0 Å². The standard InChI is InChI=1S/C22H23N3OS/c1-16-8-2-3-9-17(16)15-27-21-19-11-4-5-12-20(19)25(22(26)24-21)14-18-10-6-7-13-23-18/h2-3,6-10,13H,4-5,11-12,14-15H2,1H3. The number of thioether (sulfide) groups is 1. The third kappa shape index (κ3) is 3.98. The van der Waals surface area contributed by atoms with Gasteiger partial charge in [0, 0.05) is 23.2 Å². The van der Waals surface area contributed by atoms with Crippen LogP contribution >= 0.6 is 11.8 Å². The van der Waals surface area contributed by atoms with Crippen LogP contribution in [0.2, 0.25) is 0 Å². The molecule has 0 amide bonds. The molecule has 0 fully saturated rings. The van der Waals surface area contributed by atoms with E-state index in [1.54, 1.807) is 18.0 Å². The van der Waals surface area contributed by atoms with Crippen molar-refractivity contribution in [1.82, 2.24) is 14.5 Å². The molecule has 0 saturated carbocycles. The van der Waals surface area contributed by atoms with Gasteiger partial charge < -0.3 is 0 Å². The molecule has 5 heteroatoms. The van der Waals surface area contributed by atoms with Crippen LogP contribution in [-0.2, 0) is 25.1 Å². The summed E-state index contributed by atoms with van der Waals surface area (Å²) in [5.74, 6) is 0.843. The van der Waals surface area contributed by atoms with Crippen molar-refractivity contribution in [3.8, 4) is 0 Å². The van der Waals surface area contributed by atoms with Crippen LogP contribution in [-0.4, -0.2) is 14.5 Å². The van der Waals surface area contributed by atoms with Gasteiger partial charge in [0.15, 0.2) is 0 Å². The maximum absolute atomic E-state index is 12.8. The predicted molar refractivity (Wildman–Crippen MR) is 109 cm³/mol. The molecule has 4 nitrogen and oxygen atoms in total. The van der Waals surface area contributed by atoms with Crippen molar-refractivity contribution in [1.29, 1.82) is 0 Å². The van der Waals surface area contributed by atoms with Gasteiger partial charge in [0.1, 0.15) is 5.03 Å². The Labute approximate surface area is 163 Å². The van der Waals surface area contributed by atoms with Crippen molar-refractivity contribution in [3.05, 3.63) is 87.2 Å². The minimum Gasteiger partial charge on any atom is -0.290 e. The van der Waals surface area contributed by atoms with E-state index >= 15 is 0 Å². The second kappa shape index (κ2) is 8.09. The highest BCUT2D eigenvalue weighted by Crippen LogP contribution is 2.31. The lowest BCUT2D eigenvalue weighted by molar-refractivity contribution is 0.565. The lowest BCUT2D eigenvalue weighted by Crippen LogP contribution is -2.30. The topological polar surface area (TPSA) is 47.8 Å². The molecule has 4 rings (SSSR count). The SMILES string of the molecule is Cc1ccccc1CSc1nc(=O)n(Cc2ccccn2)c2c1CCCC2. The summed E-state index contributed by atoms with van der Waals surface area (Å²) in [6.07, 6.45) is 6.00. The Kier molecular flexibility index (Phi) is 5.39. The fraction of sp³-hybridized carbons (Fsp3) is 0.318. The van der Waals surface area contributed by atoms with E-state index < -0.39 is 0 Å². The van der Waals surface area contributed by atoms with Gasteiger partial charge in [-0.3, -0.25) is 9.55 Å². The molecule has 0 spiro atoms. The Bertz CT molecular complexity index is 998. The molecule has 0 bridgehead atoms. The van der Waals surface area contributed by atoms with Crippen LogP contribution in [0, 0.1) is 6.92 Å². The summed E-state index contributed by atoms with van der Waals surface area (Å²) in [7, 11) is 0. The fourth-order valence-corrected chi connectivity index (χ4v) is 4.75. The van der Waals surface area contributed by atoms with Crippen LogP contribution in [0.3, 0.4) is 0 Å². The van der Waals surface area contributed by atoms with E-state index in [0.29, 0.717) is 6.54 Å². The number of pyridine rings is 1. The Hall–Kier alpha value is -2.40. The van der Waals surface area contributed by atoms with Gasteiger partial charge in [-0.2, -0.15) is 4.98 Å². The average Bonchev–Trinajstić information content (AvgIpc) is 2.70. The summed E-state index contributed by atoms with van der Waals surface area (Å²) in [6.45, 7) is 2.63. The van der Waals surface area contributed by atoms with Gasteiger partial charge in [0.2, 0.25) is 0 Å². The maximum Gasteiger partial charge on any atom is 0.349 e. The molecule has 0 atom stereocenters. The number of aromatic nitrogens is 3. The normalized spacial score (nSPS) is 13.4. The molecule has 0 N–H and O–H groups in total. The van der Waals surface area contributed by atoms with Gasteiger partial charge in [-0.05, 0) is 55.9 Å². The monoisotopic (exact) mass is 377 g/mol. The van der Waals surface area contributed by atoms with Crippen LogP contribution in [0.4, 0.5) is 0 Å². The number of aryl methyl sites for hydroxylation is 1. The molecule has 3 aromatic rings. The molecule has 27 heavy (non-hydrogen) atoms. The van der Waals surface area contributed by atoms with Gasteiger partial charge >= 0.3 is 5.69 Å². The highest BCUT2D eigenvalue weighted by molar-refractivity contribution is 7.98. The molecule has 1 aliphatic rings. The Morgan fingerprint density at radius 1 is 1.07 bits per heavy atom. The van der Waals surface area contributed by atoms with Crippen molar-refractivity contribution in [2.45, 2.75) is 49.9 Å². The quantitative estimate of drug-likeness (QED) is 0.495. The van der Waals surface area contributed by atoms with Gasteiger partial charge in [-0.15, -0.1) is 11.8 Å². The largest absolute Gasteiger partial charge is 0.349 e. The lowest BCUT2D eigenvalue weighted by Gasteiger charge is -2.22. The minimum absolute atomic E-state index is 0.159. The van der Waals surface area contributed by atoms with E-state index in [2.05, 4.69) is 41.2 Å². The number of nitrogens with zero attached hydrogens (tertiary/aromatic N) is 3. The van der Waals surface area contributed by atoms with Crippen molar-refractivity contribution >= 4 is 11.8 Å². The van der Waals surface area contributed by atoms with E-state index in [1.807, 2.05) is 22.8 Å². The van der Waals surface area contributed by atoms with Gasteiger partial charge in [-0.1, -0.05) is 30.3 Å². The van der Waals surface area contributed by atoms with Crippen LogP contribution in [0.15, 0.2) is 58.5 Å². The average molecular weight is 378 g/mol. The van der Waals surface area contributed by atoms with E-state index in [9.17, 15) is 4.79 Å². The zero-order valence-corrected chi connectivity index (χ0v) is 16.3. The molecular weight excluding hydrogens is 354 g/mol. The third-order valence-electron chi connectivity index (χ3n) is 5.12. The van der Waals surface area contributed by atoms with Crippen LogP contribution < -0.4 is 5.69 Å². The molecule has 2 heterocycles. The van der Waals surface area contributed by atoms with E-state index in [0.717, 1.165) is 47.8 Å². The lowest BCUT2D eigenvalue weighted by atomic mass is 9.97. The van der Waals surface area contributed by atoms with E-state index in [-0.39, 0.29) is 5.69 Å². The van der Waals surface area contributed by atoms with Crippen LogP contribution in [0.1, 0.15) is 40.9 Å². The first-order chi connectivity index (χ1) is 13.2. The summed E-state index contributed by atoms with van der Waals surface area (Å²) < 4.78 is 1.83. The Morgan fingerprint density at radius 2 is 1.89 bits per heavy atom. The second-order valence-corrected chi connectivity index (χ2v) is 7.92. The number of hydrogen-bond donors (Lipinski definition) is 0. The number of rotatable bonds is 5. The van der Waals surface area contributed by atoms with Gasteiger partial charge in [0.25, 0.3) is 0 Å².